The lowest BCUT2D eigenvalue weighted by Gasteiger charge is -2.11. The zero-order valence-electron chi connectivity index (χ0n) is 11.8. The van der Waals surface area contributed by atoms with Crippen molar-refractivity contribution < 1.29 is 9.47 Å². The number of aromatic nitrogens is 1. The van der Waals surface area contributed by atoms with Gasteiger partial charge in [-0.15, -0.1) is 0 Å². The number of aromatic amines is 1. The van der Waals surface area contributed by atoms with Crippen LogP contribution in [-0.4, -0.2) is 19.2 Å². The molecule has 0 amide bonds. The van der Waals surface area contributed by atoms with Crippen LogP contribution in [0.4, 0.5) is 0 Å². The van der Waals surface area contributed by atoms with E-state index < -0.39 is 0 Å². The fourth-order valence-corrected chi connectivity index (χ4v) is 2.43. The van der Waals surface area contributed by atoms with Crippen LogP contribution in [0.1, 0.15) is 0 Å². The van der Waals surface area contributed by atoms with Crippen LogP contribution < -0.4 is 14.9 Å². The summed E-state index contributed by atoms with van der Waals surface area (Å²) in [5.41, 5.74) is 2.36. The van der Waals surface area contributed by atoms with Crippen molar-refractivity contribution in [2.75, 3.05) is 14.2 Å². The second-order valence-electron chi connectivity index (χ2n) is 4.64. The number of nitrogens with one attached hydrogen (secondary N) is 1. The van der Waals surface area contributed by atoms with Gasteiger partial charge in [0.1, 0.15) is 0 Å². The number of rotatable bonds is 3. The minimum atomic E-state index is -0.0987. The number of methoxy groups -OCH3 is 2. The lowest BCUT2D eigenvalue weighted by atomic mass is 10.1. The molecule has 0 aliphatic carbocycles. The highest BCUT2D eigenvalue weighted by Gasteiger charge is 2.13. The predicted molar refractivity (Wildman–Crippen MR) is 83.1 cm³/mol. The second kappa shape index (κ2) is 5.32. The number of ether oxygens (including phenoxy) is 2. The van der Waals surface area contributed by atoms with Gasteiger partial charge in [-0.1, -0.05) is 30.3 Å². The topological polar surface area (TPSA) is 51.3 Å². The van der Waals surface area contributed by atoms with E-state index in [1.54, 1.807) is 19.2 Å². The second-order valence-corrected chi connectivity index (χ2v) is 4.64. The van der Waals surface area contributed by atoms with Crippen LogP contribution in [0.25, 0.3) is 22.2 Å². The molecule has 0 fully saturated rings. The van der Waals surface area contributed by atoms with E-state index in [4.69, 9.17) is 9.47 Å². The standard InChI is InChI=1S/C17H15NO3/c1-20-15-9-8-12-16(17(15)21-2)14(19)10-13(18-12)11-6-4-3-5-7-11/h3-10H,1-2H3,(H,18,19). The molecule has 0 aliphatic rings. The normalized spacial score (nSPS) is 10.6. The molecule has 0 saturated carbocycles. The molecule has 0 radical (unpaired) electrons. The van der Waals surface area contributed by atoms with Crippen molar-refractivity contribution in [1.29, 1.82) is 0 Å². The molecule has 1 aromatic heterocycles. The van der Waals surface area contributed by atoms with Crippen molar-refractivity contribution in [3.8, 4) is 22.8 Å². The Morgan fingerprint density at radius 3 is 2.38 bits per heavy atom. The molecule has 106 valence electrons. The highest BCUT2D eigenvalue weighted by molar-refractivity contribution is 5.89. The largest absolute Gasteiger partial charge is 0.493 e. The van der Waals surface area contributed by atoms with Crippen molar-refractivity contribution in [2.45, 2.75) is 0 Å². The van der Waals surface area contributed by atoms with E-state index in [0.717, 1.165) is 16.8 Å². The monoisotopic (exact) mass is 281 g/mol. The highest BCUT2D eigenvalue weighted by atomic mass is 16.5. The van der Waals surface area contributed by atoms with Gasteiger partial charge in [-0.25, -0.2) is 0 Å². The summed E-state index contributed by atoms with van der Waals surface area (Å²) in [4.78, 5) is 15.7. The third kappa shape index (κ3) is 2.25. The van der Waals surface area contributed by atoms with Crippen molar-refractivity contribution in [3.05, 3.63) is 58.8 Å². The van der Waals surface area contributed by atoms with Crippen molar-refractivity contribution in [1.82, 2.24) is 4.98 Å². The van der Waals surface area contributed by atoms with Crippen LogP contribution >= 0.6 is 0 Å². The summed E-state index contributed by atoms with van der Waals surface area (Å²) in [6, 6.07) is 14.9. The molecule has 3 aromatic rings. The molecule has 0 spiro atoms. The molecule has 0 atom stereocenters. The number of pyridine rings is 1. The van der Waals surface area contributed by atoms with Gasteiger partial charge in [0, 0.05) is 11.8 Å². The maximum absolute atomic E-state index is 12.5. The summed E-state index contributed by atoms with van der Waals surface area (Å²) in [7, 11) is 3.08. The Labute approximate surface area is 122 Å². The van der Waals surface area contributed by atoms with Crippen LogP contribution in [0.15, 0.2) is 53.3 Å². The molecular formula is C17H15NO3. The zero-order chi connectivity index (χ0) is 14.8. The first-order chi connectivity index (χ1) is 10.2. The molecule has 1 N–H and O–H groups in total. The predicted octanol–water partition coefficient (Wildman–Crippen LogP) is 3.21. The van der Waals surface area contributed by atoms with Crippen LogP contribution in [0.5, 0.6) is 11.5 Å². The third-order valence-electron chi connectivity index (χ3n) is 3.42. The van der Waals surface area contributed by atoms with Crippen LogP contribution in [0.3, 0.4) is 0 Å². The number of H-pyrrole nitrogens is 1. The molecular weight excluding hydrogens is 266 g/mol. The average Bonchev–Trinajstić information content (AvgIpc) is 2.54. The van der Waals surface area contributed by atoms with Crippen LogP contribution in [0.2, 0.25) is 0 Å². The quantitative estimate of drug-likeness (QED) is 0.802. The summed E-state index contributed by atoms with van der Waals surface area (Å²) in [6.45, 7) is 0. The van der Waals surface area contributed by atoms with Gasteiger partial charge < -0.3 is 14.5 Å². The summed E-state index contributed by atoms with van der Waals surface area (Å²) in [5.74, 6) is 0.999. The van der Waals surface area contributed by atoms with Gasteiger partial charge in [-0.3, -0.25) is 4.79 Å². The molecule has 3 rings (SSSR count). The Morgan fingerprint density at radius 2 is 1.71 bits per heavy atom. The van der Waals surface area contributed by atoms with Crippen molar-refractivity contribution in [2.24, 2.45) is 0 Å². The first-order valence-electron chi connectivity index (χ1n) is 6.58. The van der Waals surface area contributed by atoms with E-state index >= 15 is 0 Å². The van der Waals surface area contributed by atoms with E-state index in [0.29, 0.717) is 16.9 Å². The van der Waals surface area contributed by atoms with Crippen LogP contribution in [-0.2, 0) is 0 Å². The van der Waals surface area contributed by atoms with Crippen LogP contribution in [0, 0.1) is 0 Å². The zero-order valence-corrected chi connectivity index (χ0v) is 11.8. The SMILES string of the molecule is COc1ccc2[nH]c(-c3ccccc3)cc(=O)c2c1OC. The van der Waals surface area contributed by atoms with Gasteiger partial charge in [-0.2, -0.15) is 0 Å². The number of benzene rings is 2. The minimum absolute atomic E-state index is 0.0987. The highest BCUT2D eigenvalue weighted by Crippen LogP contribution is 2.33. The number of fused-ring (bicyclic) bond motifs is 1. The first-order valence-corrected chi connectivity index (χ1v) is 6.58. The van der Waals surface area contributed by atoms with Gasteiger partial charge in [0.25, 0.3) is 0 Å². The molecule has 21 heavy (non-hydrogen) atoms. The van der Waals surface area contributed by atoms with Gasteiger partial charge in [0.2, 0.25) is 0 Å². The maximum Gasteiger partial charge on any atom is 0.193 e. The van der Waals surface area contributed by atoms with Crippen molar-refractivity contribution in [3.63, 3.8) is 0 Å². The summed E-state index contributed by atoms with van der Waals surface area (Å²) < 4.78 is 10.6. The summed E-state index contributed by atoms with van der Waals surface area (Å²) in [5, 5.41) is 0.497. The van der Waals surface area contributed by atoms with E-state index in [1.165, 1.54) is 7.11 Å². The molecule has 2 aromatic carbocycles. The Balaban J connectivity index is 2.30. The molecule has 0 saturated heterocycles. The van der Waals surface area contributed by atoms with Crippen molar-refractivity contribution >= 4 is 10.9 Å². The lowest BCUT2D eigenvalue weighted by molar-refractivity contribution is 0.358. The molecule has 4 heteroatoms. The average molecular weight is 281 g/mol. The summed E-state index contributed by atoms with van der Waals surface area (Å²) in [6.07, 6.45) is 0. The summed E-state index contributed by atoms with van der Waals surface area (Å²) >= 11 is 0. The first kappa shape index (κ1) is 13.2. The number of hydrogen-bond acceptors (Lipinski definition) is 3. The molecule has 0 unspecified atom stereocenters. The Kier molecular flexibility index (Phi) is 3.36. The van der Waals surface area contributed by atoms with Gasteiger partial charge in [-0.05, 0) is 17.7 Å². The molecule has 0 bridgehead atoms. The molecule has 1 heterocycles. The Hall–Kier alpha value is -2.75. The fourth-order valence-electron chi connectivity index (χ4n) is 2.43. The Morgan fingerprint density at radius 1 is 0.952 bits per heavy atom. The maximum atomic E-state index is 12.5. The molecule has 0 aliphatic heterocycles. The molecule has 4 nitrogen and oxygen atoms in total. The Bertz CT molecular complexity index is 838. The van der Waals surface area contributed by atoms with E-state index in [1.807, 2.05) is 36.4 Å². The lowest BCUT2D eigenvalue weighted by Crippen LogP contribution is -2.06. The van der Waals surface area contributed by atoms with Gasteiger partial charge in [0.15, 0.2) is 16.9 Å². The van der Waals surface area contributed by atoms with E-state index in [9.17, 15) is 4.79 Å². The number of hydrogen-bond donors (Lipinski definition) is 1. The minimum Gasteiger partial charge on any atom is -0.493 e. The van der Waals surface area contributed by atoms with Gasteiger partial charge >= 0.3 is 0 Å². The smallest absolute Gasteiger partial charge is 0.193 e. The van der Waals surface area contributed by atoms with E-state index in [2.05, 4.69) is 4.98 Å². The van der Waals surface area contributed by atoms with E-state index in [-0.39, 0.29) is 5.43 Å². The van der Waals surface area contributed by atoms with Gasteiger partial charge in [0.05, 0.1) is 25.1 Å². The third-order valence-corrected chi connectivity index (χ3v) is 3.42. The fraction of sp³-hybridized carbons (Fsp3) is 0.118.